The van der Waals surface area contributed by atoms with Crippen LogP contribution >= 0.6 is 0 Å². The van der Waals surface area contributed by atoms with Gasteiger partial charge in [0, 0.05) is 5.56 Å². The van der Waals surface area contributed by atoms with Crippen molar-refractivity contribution in [3.05, 3.63) is 95.6 Å². The Kier molecular flexibility index (Phi) is 7.57. The van der Waals surface area contributed by atoms with Gasteiger partial charge in [0.25, 0.3) is 0 Å². The van der Waals surface area contributed by atoms with Crippen molar-refractivity contribution in [1.29, 1.82) is 0 Å². The summed E-state index contributed by atoms with van der Waals surface area (Å²) in [5.74, 6) is 7.44. The van der Waals surface area contributed by atoms with Crippen LogP contribution in [0.15, 0.2) is 78.9 Å². The quantitative estimate of drug-likeness (QED) is 0.359. The van der Waals surface area contributed by atoms with Crippen LogP contribution in [0.2, 0.25) is 0 Å². The Hall–Kier alpha value is -3.71. The summed E-state index contributed by atoms with van der Waals surface area (Å²) in [7, 11) is 1.64. The third-order valence-corrected chi connectivity index (χ3v) is 4.72. The van der Waals surface area contributed by atoms with Crippen LogP contribution in [0.4, 0.5) is 0 Å². The molecule has 1 atom stereocenters. The average molecular weight is 429 g/mol. The highest BCUT2D eigenvalue weighted by atomic mass is 16.5. The Morgan fingerprint density at radius 3 is 2.22 bits per heavy atom. The third-order valence-electron chi connectivity index (χ3n) is 4.72. The van der Waals surface area contributed by atoms with E-state index in [4.69, 9.17) is 14.2 Å². The third kappa shape index (κ3) is 6.39. The fourth-order valence-electron chi connectivity index (χ4n) is 2.81. The lowest BCUT2D eigenvalue weighted by atomic mass is 9.97. The molecule has 0 saturated carbocycles. The van der Waals surface area contributed by atoms with Crippen LogP contribution in [0, 0.1) is 17.3 Å². The van der Waals surface area contributed by atoms with Gasteiger partial charge in [0.05, 0.1) is 18.1 Å². The second kappa shape index (κ2) is 10.5. The highest BCUT2D eigenvalue weighted by Gasteiger charge is 2.26. The Labute approximate surface area is 190 Å². The van der Waals surface area contributed by atoms with Crippen LogP contribution in [0.5, 0.6) is 11.5 Å². The summed E-state index contributed by atoms with van der Waals surface area (Å²) in [5.41, 5.74) is 1.96. The molecule has 0 aliphatic carbocycles. The number of ether oxygens (including phenoxy) is 3. The largest absolute Gasteiger partial charge is 0.497 e. The number of rotatable bonds is 6. The molecule has 0 N–H and O–H groups in total. The number of benzene rings is 3. The van der Waals surface area contributed by atoms with Crippen molar-refractivity contribution in [3.8, 4) is 23.3 Å². The lowest BCUT2D eigenvalue weighted by Crippen LogP contribution is -2.24. The first-order valence-corrected chi connectivity index (χ1v) is 10.5. The molecule has 3 rings (SSSR count). The molecule has 0 spiro atoms. The van der Waals surface area contributed by atoms with Gasteiger partial charge < -0.3 is 14.2 Å². The van der Waals surface area contributed by atoms with Crippen LogP contribution < -0.4 is 9.47 Å². The summed E-state index contributed by atoms with van der Waals surface area (Å²) in [6.07, 6.45) is -0.669. The van der Waals surface area contributed by atoms with Crippen molar-refractivity contribution in [2.24, 2.45) is 5.41 Å². The van der Waals surface area contributed by atoms with Crippen LogP contribution in [-0.2, 0) is 16.1 Å². The van der Waals surface area contributed by atoms with E-state index in [9.17, 15) is 4.79 Å². The lowest BCUT2D eigenvalue weighted by Gasteiger charge is -2.20. The maximum atomic E-state index is 12.5. The molecule has 0 radical (unpaired) electrons. The molecular formula is C28H28O4. The van der Waals surface area contributed by atoms with Gasteiger partial charge in [-0.2, -0.15) is 0 Å². The molecule has 32 heavy (non-hydrogen) atoms. The fourth-order valence-corrected chi connectivity index (χ4v) is 2.81. The Balaban J connectivity index is 1.81. The fraction of sp³-hybridized carbons (Fsp3) is 0.250. The number of methoxy groups -OCH3 is 1. The molecule has 0 fully saturated rings. The van der Waals surface area contributed by atoms with Gasteiger partial charge in [-0.1, -0.05) is 60.5 Å². The maximum Gasteiger partial charge on any atom is 0.312 e. The van der Waals surface area contributed by atoms with Gasteiger partial charge in [0.1, 0.15) is 18.1 Å². The number of carbonyl (C=O) groups is 1. The molecule has 3 aromatic carbocycles. The SMILES string of the molecule is COc1ccc(COc2ccccc2C#CC(OC(=O)C(C)(C)C)c2ccccc2)cc1. The monoisotopic (exact) mass is 428 g/mol. The van der Waals surface area contributed by atoms with Crippen molar-refractivity contribution >= 4 is 5.97 Å². The molecule has 0 saturated heterocycles. The summed E-state index contributed by atoms with van der Waals surface area (Å²) in [5, 5.41) is 0. The zero-order chi connectivity index (χ0) is 23.0. The second-order valence-electron chi connectivity index (χ2n) is 8.35. The van der Waals surface area contributed by atoms with Gasteiger partial charge in [0.15, 0.2) is 6.10 Å². The number of para-hydroxylation sites is 1. The van der Waals surface area contributed by atoms with E-state index in [1.165, 1.54) is 0 Å². The second-order valence-corrected chi connectivity index (χ2v) is 8.35. The van der Waals surface area contributed by atoms with E-state index in [2.05, 4.69) is 11.8 Å². The van der Waals surface area contributed by atoms with E-state index in [1.807, 2.05) is 99.6 Å². The van der Waals surface area contributed by atoms with E-state index in [0.717, 1.165) is 22.4 Å². The minimum Gasteiger partial charge on any atom is -0.497 e. The van der Waals surface area contributed by atoms with E-state index in [1.54, 1.807) is 7.11 Å². The highest BCUT2D eigenvalue weighted by molar-refractivity contribution is 5.76. The standard InChI is InChI=1S/C28H28O4/c1-28(2,3)27(29)32-26(22-10-6-5-7-11-22)19-16-23-12-8-9-13-25(23)31-20-21-14-17-24(30-4)18-15-21/h5-15,17-18,26H,20H2,1-4H3. The normalized spacial score (nSPS) is 11.6. The molecule has 4 nitrogen and oxygen atoms in total. The van der Waals surface area contributed by atoms with E-state index in [0.29, 0.717) is 12.4 Å². The molecule has 0 heterocycles. The molecule has 3 aromatic rings. The summed E-state index contributed by atoms with van der Waals surface area (Å²) in [6.45, 7) is 5.89. The molecular weight excluding hydrogens is 400 g/mol. The molecule has 4 heteroatoms. The predicted molar refractivity (Wildman–Crippen MR) is 125 cm³/mol. The summed E-state index contributed by atoms with van der Waals surface area (Å²) in [6, 6.07) is 24.8. The zero-order valence-electron chi connectivity index (χ0n) is 18.9. The van der Waals surface area contributed by atoms with Crippen LogP contribution in [0.3, 0.4) is 0 Å². The molecule has 164 valence electrons. The first-order chi connectivity index (χ1) is 15.4. The smallest absolute Gasteiger partial charge is 0.312 e. The average Bonchev–Trinajstić information content (AvgIpc) is 2.81. The summed E-state index contributed by atoms with van der Waals surface area (Å²) in [4.78, 5) is 12.5. The number of hydrogen-bond acceptors (Lipinski definition) is 4. The number of hydrogen-bond donors (Lipinski definition) is 0. The van der Waals surface area contributed by atoms with E-state index in [-0.39, 0.29) is 5.97 Å². The molecule has 0 aromatic heterocycles. The Bertz CT molecular complexity index is 1080. The molecule has 0 amide bonds. The van der Waals surface area contributed by atoms with Crippen molar-refractivity contribution < 1.29 is 19.0 Å². The molecule has 1 unspecified atom stereocenters. The Morgan fingerprint density at radius 2 is 1.56 bits per heavy atom. The van der Waals surface area contributed by atoms with Crippen molar-refractivity contribution in [1.82, 2.24) is 0 Å². The first kappa shape index (κ1) is 23.0. The van der Waals surface area contributed by atoms with Gasteiger partial charge in [0.2, 0.25) is 0 Å². The summed E-state index contributed by atoms with van der Waals surface area (Å²) < 4.78 is 17.0. The van der Waals surface area contributed by atoms with E-state index < -0.39 is 11.5 Å². The van der Waals surface area contributed by atoms with Crippen molar-refractivity contribution in [2.45, 2.75) is 33.5 Å². The van der Waals surface area contributed by atoms with E-state index >= 15 is 0 Å². The van der Waals surface area contributed by atoms with Crippen molar-refractivity contribution in [3.63, 3.8) is 0 Å². The van der Waals surface area contributed by atoms with Gasteiger partial charge in [-0.15, -0.1) is 0 Å². The highest BCUT2D eigenvalue weighted by Crippen LogP contribution is 2.24. The molecule has 0 aliphatic heterocycles. The van der Waals surface area contributed by atoms with Gasteiger partial charge >= 0.3 is 5.97 Å². The van der Waals surface area contributed by atoms with Crippen LogP contribution in [0.25, 0.3) is 0 Å². The van der Waals surface area contributed by atoms with Crippen molar-refractivity contribution in [2.75, 3.05) is 7.11 Å². The molecule has 0 bridgehead atoms. The van der Waals surface area contributed by atoms with Gasteiger partial charge in [-0.3, -0.25) is 4.79 Å². The molecule has 0 aliphatic rings. The van der Waals surface area contributed by atoms with Gasteiger partial charge in [-0.05, 0) is 56.5 Å². The lowest BCUT2D eigenvalue weighted by molar-refractivity contribution is -0.156. The topological polar surface area (TPSA) is 44.8 Å². The van der Waals surface area contributed by atoms with Crippen LogP contribution in [-0.4, -0.2) is 13.1 Å². The Morgan fingerprint density at radius 1 is 0.906 bits per heavy atom. The van der Waals surface area contributed by atoms with Gasteiger partial charge in [-0.25, -0.2) is 0 Å². The number of esters is 1. The summed E-state index contributed by atoms with van der Waals surface area (Å²) >= 11 is 0. The predicted octanol–water partition coefficient (Wildman–Crippen LogP) is 5.96. The number of carbonyl (C=O) groups excluding carboxylic acids is 1. The van der Waals surface area contributed by atoms with Crippen LogP contribution in [0.1, 0.15) is 43.6 Å². The zero-order valence-corrected chi connectivity index (χ0v) is 18.9. The minimum absolute atomic E-state index is 0.301. The first-order valence-electron chi connectivity index (χ1n) is 10.5. The maximum absolute atomic E-state index is 12.5. The minimum atomic E-state index is -0.669.